The van der Waals surface area contributed by atoms with Gasteiger partial charge in [0, 0.05) is 58.7 Å². The summed E-state index contributed by atoms with van der Waals surface area (Å²) in [4.78, 5) is 133. The first-order valence-corrected chi connectivity index (χ1v) is 30.5. The lowest BCUT2D eigenvalue weighted by Gasteiger charge is -2.36. The number of ketones is 2. The van der Waals surface area contributed by atoms with Crippen molar-refractivity contribution in [3.05, 3.63) is 114 Å². The maximum Gasteiger partial charge on any atom is 0.330 e. The van der Waals surface area contributed by atoms with Gasteiger partial charge in [-0.2, -0.15) is 0 Å². The third-order valence-corrected chi connectivity index (χ3v) is 16.2. The number of piperidine rings is 1. The second-order valence-corrected chi connectivity index (χ2v) is 24.5. The number of rotatable bonds is 12. The second kappa shape index (κ2) is 32.3. The van der Waals surface area contributed by atoms with Gasteiger partial charge in [-0.3, -0.25) is 33.6 Å². The summed E-state index contributed by atoms with van der Waals surface area (Å²) >= 11 is 0. The molecule has 0 saturated carbocycles. The molecule has 1 saturated heterocycles. The van der Waals surface area contributed by atoms with Crippen LogP contribution >= 0.6 is 0 Å². The van der Waals surface area contributed by atoms with Crippen LogP contribution in [0.1, 0.15) is 122 Å². The number of unbranched alkanes of at least 4 members (excludes halogenated alkanes) is 1. The van der Waals surface area contributed by atoms with Crippen LogP contribution in [0.2, 0.25) is 0 Å². The van der Waals surface area contributed by atoms with E-state index in [9.17, 15) is 38.4 Å². The summed E-state index contributed by atoms with van der Waals surface area (Å²) in [6, 6.07) is 19.2. The molecule has 0 spiro atoms. The molecule has 0 aromatic heterocycles. The Balaban J connectivity index is 1.36. The summed E-state index contributed by atoms with van der Waals surface area (Å²) in [5, 5.41) is 4.56. The van der Waals surface area contributed by atoms with Gasteiger partial charge in [-0.25, -0.2) is 14.0 Å². The number of likely N-dealkylation sites (N-methyl/N-ethyl adjacent to an activating group) is 3. The molecule has 1 fully saturated rings. The minimum atomic E-state index is -1.53. The molecule has 5 amide bonds. The normalized spacial score (nSPS) is 21.6. The number of fused-ring (bicyclic) bond motifs is 4. The summed E-state index contributed by atoms with van der Waals surface area (Å²) in [6.07, 6.45) is 4.17. The van der Waals surface area contributed by atoms with Crippen LogP contribution in [-0.4, -0.2) is 171 Å². The van der Waals surface area contributed by atoms with E-state index in [0.29, 0.717) is 31.2 Å². The molecule has 2 bridgehead atoms. The number of hydrogen-bond donors (Lipinski definition) is 1. The van der Waals surface area contributed by atoms with Gasteiger partial charge in [-0.05, 0) is 132 Å². The van der Waals surface area contributed by atoms with Gasteiger partial charge in [-0.15, -0.1) is 0 Å². The van der Waals surface area contributed by atoms with Gasteiger partial charge in [0.15, 0.2) is 23.9 Å². The summed E-state index contributed by atoms with van der Waals surface area (Å²) < 4.78 is 50.4. The Morgan fingerprint density at radius 1 is 0.775 bits per heavy atom. The molecule has 4 aromatic carbocycles. The van der Waals surface area contributed by atoms with E-state index >= 15 is 9.18 Å². The van der Waals surface area contributed by atoms with E-state index in [1.165, 1.54) is 87.0 Å². The number of esters is 2. The first kappa shape index (κ1) is 69.9. The Morgan fingerprint density at radius 2 is 1.49 bits per heavy atom. The van der Waals surface area contributed by atoms with Crippen molar-refractivity contribution in [1.82, 2.24) is 24.9 Å². The molecule has 89 heavy (non-hydrogen) atoms. The molecule has 2 aliphatic heterocycles. The third kappa shape index (κ3) is 19.6. The lowest BCUT2D eigenvalue weighted by molar-refractivity contribution is -0.165. The van der Waals surface area contributed by atoms with Crippen LogP contribution in [0.25, 0.3) is 10.8 Å². The van der Waals surface area contributed by atoms with E-state index in [1.807, 2.05) is 49.4 Å². The smallest absolute Gasteiger partial charge is 0.330 e. The van der Waals surface area contributed by atoms with Gasteiger partial charge in [0.1, 0.15) is 36.4 Å². The van der Waals surface area contributed by atoms with E-state index in [4.69, 9.17) is 28.4 Å². The zero-order chi connectivity index (χ0) is 65.2. The van der Waals surface area contributed by atoms with Crippen molar-refractivity contribution < 1.29 is 76.0 Å². The fourth-order valence-electron chi connectivity index (χ4n) is 10.7. The second-order valence-electron chi connectivity index (χ2n) is 24.5. The van der Waals surface area contributed by atoms with Gasteiger partial charge < -0.3 is 53.3 Å². The number of hydrogen-bond acceptors (Lipinski definition) is 15. The summed E-state index contributed by atoms with van der Waals surface area (Å²) in [5.41, 5.74) is -0.915. The van der Waals surface area contributed by atoms with E-state index in [0.717, 1.165) is 22.4 Å². The zero-order valence-electron chi connectivity index (χ0n) is 53.4. The molecule has 4 aromatic rings. The molecule has 2 aliphatic rings. The number of halogens is 1. The van der Waals surface area contributed by atoms with Crippen LogP contribution in [0.3, 0.4) is 0 Å². The number of benzene rings is 4. The molecule has 1 N–H and O–H groups in total. The van der Waals surface area contributed by atoms with Crippen molar-refractivity contribution in [3.63, 3.8) is 0 Å². The molecular weight excluding hydrogens is 1150 g/mol. The highest BCUT2D eigenvalue weighted by atomic mass is 19.1. The average molecular weight is 1230 g/mol. The summed E-state index contributed by atoms with van der Waals surface area (Å²) in [7, 11) is 7.28. The van der Waals surface area contributed by atoms with Gasteiger partial charge in [-0.1, -0.05) is 80.4 Å². The Hall–Kier alpha value is -8.20. The number of carbonyl (C=O) groups is 9. The zero-order valence-corrected chi connectivity index (χ0v) is 53.4. The molecule has 0 radical (unpaired) electrons. The van der Waals surface area contributed by atoms with E-state index < -0.39 is 120 Å². The van der Waals surface area contributed by atoms with Crippen molar-refractivity contribution >= 4 is 63.8 Å². The predicted octanol–water partition coefficient (Wildman–Crippen LogP) is 8.12. The molecule has 5 atom stereocenters. The maximum atomic E-state index is 15.7. The molecule has 0 unspecified atom stereocenters. The van der Waals surface area contributed by atoms with Crippen molar-refractivity contribution in [2.75, 3.05) is 74.8 Å². The predicted molar refractivity (Wildman–Crippen MR) is 331 cm³/mol. The highest BCUT2D eigenvalue weighted by Gasteiger charge is 2.43. The molecule has 2 heterocycles. The number of aryl methyl sites for hydroxylation is 1. The molecular formula is C68H88FN5O15. The number of cyclic esters (lactones) is 2. The standard InChI is InChI=1S/C68H88FN5O15/c1-12-13-25-52-55(75)37-49(35-44-28-29-45-21-14-15-22-46(45)34-44)64(81)73(9)54(41-88-67(2,3)4)63(80)70-40-59(76)71(7)32-18-17-27-61(78)87-43-68(5,6)62(79)65(82)74-33-19-16-26-53(74)66(83)89-56(31-30-47-38-57(84-10)58(85-11)39-51(47)69)48-23-20-24-50(36-48)86-42-60(77)72(52)8/h14-15,17,20-24,27-29,34,36,38-39,49,52-54,56H,12-13,16,18-19,25-26,30-33,35,37,40-43H2,1-11H3,(H,70,80)/t49-,52+,53+,54+,56-/m1/s1. The highest BCUT2D eigenvalue weighted by molar-refractivity contribution is 6.38. The first-order valence-electron chi connectivity index (χ1n) is 30.5. The number of nitrogens with one attached hydrogen (secondary N) is 1. The third-order valence-electron chi connectivity index (χ3n) is 16.2. The van der Waals surface area contributed by atoms with Crippen molar-refractivity contribution in [3.8, 4) is 17.2 Å². The van der Waals surface area contributed by atoms with Crippen LogP contribution in [0.15, 0.2) is 91.0 Å². The topological polar surface area (TPSA) is 234 Å². The fraction of sp³-hybridized carbons (Fsp3) is 0.515. The van der Waals surface area contributed by atoms with E-state index in [1.54, 1.807) is 45.0 Å². The van der Waals surface area contributed by atoms with Crippen LogP contribution in [0.4, 0.5) is 4.39 Å². The lowest BCUT2D eigenvalue weighted by atomic mass is 9.87. The molecule has 21 heteroatoms. The van der Waals surface area contributed by atoms with Crippen molar-refractivity contribution in [1.29, 1.82) is 0 Å². The SMILES string of the molecule is CCCC[C@H]1C(=O)C[C@@H](Cc2ccc3ccccc3c2)C(=O)N(C)[C@@H](COC(C)(C)C)C(=O)NCC(=O)N(C)CCC=CC(=O)OCC(C)(C)C(=O)C(=O)N2CCCC[C@H]2C(=O)O[C@H](CCc2cc(OC)c(OC)cc2F)c2cccc(c2)OCC(=O)N1C. The number of methoxy groups -OCH3 is 2. The minimum Gasteiger partial charge on any atom is -0.493 e. The Kier molecular flexibility index (Phi) is 25.4. The largest absolute Gasteiger partial charge is 0.493 e. The monoisotopic (exact) mass is 1230 g/mol. The van der Waals surface area contributed by atoms with Crippen LogP contribution in [0.5, 0.6) is 17.2 Å². The number of nitrogens with zero attached hydrogens (tertiary/aromatic N) is 4. The molecule has 0 aliphatic carbocycles. The maximum absolute atomic E-state index is 15.7. The molecule has 482 valence electrons. The van der Waals surface area contributed by atoms with Crippen LogP contribution < -0.4 is 19.5 Å². The Labute approximate surface area is 521 Å². The first-order chi connectivity index (χ1) is 42.2. The summed E-state index contributed by atoms with van der Waals surface area (Å²) in [6.45, 7) is 8.68. The quantitative estimate of drug-likeness (QED) is 0.104. The highest BCUT2D eigenvalue weighted by Crippen LogP contribution is 2.35. The van der Waals surface area contributed by atoms with Gasteiger partial charge in [0.25, 0.3) is 11.8 Å². The minimum absolute atomic E-state index is 0.00442. The molecule has 20 nitrogen and oxygen atoms in total. The number of carbonyl (C=O) groups excluding carboxylic acids is 9. The van der Waals surface area contributed by atoms with E-state index in [2.05, 4.69) is 5.32 Å². The van der Waals surface area contributed by atoms with Crippen LogP contribution in [0, 0.1) is 17.2 Å². The lowest BCUT2D eigenvalue weighted by Crippen LogP contribution is -2.54. The number of Topliss-reactive ketones (excluding diaryl/α,β-unsaturated/α-hetero) is 2. The number of ether oxygens (including phenoxy) is 6. The Bertz CT molecular complexity index is 3210. The van der Waals surface area contributed by atoms with E-state index in [-0.39, 0.29) is 87.5 Å². The Morgan fingerprint density at radius 3 is 2.20 bits per heavy atom. The molecule has 6 rings (SSSR count). The van der Waals surface area contributed by atoms with Crippen molar-refractivity contribution in [2.45, 2.75) is 142 Å². The van der Waals surface area contributed by atoms with Gasteiger partial charge in [0.2, 0.25) is 23.5 Å². The summed E-state index contributed by atoms with van der Waals surface area (Å²) in [5.74, 6) is -7.18. The van der Waals surface area contributed by atoms with Gasteiger partial charge in [0.05, 0.1) is 44.4 Å². The fourth-order valence-corrected chi connectivity index (χ4v) is 10.7. The van der Waals surface area contributed by atoms with Crippen molar-refractivity contribution in [2.24, 2.45) is 11.3 Å². The van der Waals surface area contributed by atoms with Crippen LogP contribution in [-0.2, 0) is 70.2 Å². The average Bonchev–Trinajstić information content (AvgIpc) is 1.55. The van der Waals surface area contributed by atoms with Gasteiger partial charge >= 0.3 is 11.9 Å². The number of amides is 5.